The summed E-state index contributed by atoms with van der Waals surface area (Å²) in [6.07, 6.45) is 0. The quantitative estimate of drug-likeness (QED) is 0.525. The van der Waals surface area contributed by atoms with Gasteiger partial charge < -0.3 is 0 Å². The summed E-state index contributed by atoms with van der Waals surface area (Å²) < 4.78 is 0. The minimum absolute atomic E-state index is 1.10. The summed E-state index contributed by atoms with van der Waals surface area (Å²) in [7, 11) is 0. The maximum absolute atomic E-state index is 3.55. The van der Waals surface area contributed by atoms with Crippen molar-refractivity contribution in [1.82, 2.24) is 0 Å². The standard InChI is InChI=1S/C8H19AsBr/c1-4-9(5-2,6-3)7-8-10/h4-8H2,1-3H3/q+1. The van der Waals surface area contributed by atoms with E-state index in [9.17, 15) is 0 Å². The van der Waals surface area contributed by atoms with Crippen LogP contribution < -0.4 is 0 Å². The van der Waals surface area contributed by atoms with Crippen molar-refractivity contribution < 1.29 is 0 Å². The zero-order chi connectivity index (χ0) is 8.04. The van der Waals surface area contributed by atoms with E-state index in [0.29, 0.717) is 0 Å². The van der Waals surface area contributed by atoms with Crippen molar-refractivity contribution in [2.45, 2.75) is 41.6 Å². The molecule has 0 aliphatic rings. The Kier molecular flexibility index (Phi) is 6.25. The Morgan fingerprint density at radius 1 is 1.00 bits per heavy atom. The van der Waals surface area contributed by atoms with Crippen LogP contribution in [0.15, 0.2) is 0 Å². The van der Waals surface area contributed by atoms with Gasteiger partial charge >= 0.3 is 76.4 Å². The third kappa shape index (κ3) is 2.96. The van der Waals surface area contributed by atoms with E-state index >= 15 is 0 Å². The molecule has 0 unspecified atom stereocenters. The average molecular weight is 270 g/mol. The minimum atomic E-state index is -1.10. The van der Waals surface area contributed by atoms with Gasteiger partial charge in [-0.2, -0.15) is 0 Å². The van der Waals surface area contributed by atoms with Crippen LogP contribution in [0.4, 0.5) is 0 Å². The number of halogens is 1. The van der Waals surface area contributed by atoms with Gasteiger partial charge in [-0.25, -0.2) is 0 Å². The molecule has 0 bridgehead atoms. The molecule has 0 atom stereocenters. The molecular weight excluding hydrogens is 251 g/mol. The topological polar surface area (TPSA) is 0 Å². The van der Waals surface area contributed by atoms with E-state index in [1.54, 1.807) is 0 Å². The first-order valence-corrected chi connectivity index (χ1v) is 10.6. The molecule has 0 spiro atoms. The van der Waals surface area contributed by atoms with E-state index in [1.165, 1.54) is 26.2 Å². The Balaban J connectivity index is 3.87. The fourth-order valence-electron chi connectivity index (χ4n) is 1.32. The number of hydrogen-bond acceptors (Lipinski definition) is 0. The van der Waals surface area contributed by atoms with Crippen LogP contribution in [0.25, 0.3) is 0 Å². The van der Waals surface area contributed by atoms with Gasteiger partial charge in [-0.05, 0) is 0 Å². The molecule has 2 heteroatoms. The van der Waals surface area contributed by atoms with Crippen molar-refractivity contribution in [2.24, 2.45) is 0 Å². The second-order valence-corrected chi connectivity index (χ2v) is 14.0. The molecule has 0 aliphatic carbocycles. The van der Waals surface area contributed by atoms with Gasteiger partial charge in [0, 0.05) is 0 Å². The summed E-state index contributed by atoms with van der Waals surface area (Å²) in [5.41, 5.74) is 0. The zero-order valence-corrected chi connectivity index (χ0v) is 10.8. The third-order valence-corrected chi connectivity index (χ3v) is 15.2. The Morgan fingerprint density at radius 2 is 1.40 bits per heavy atom. The first-order chi connectivity index (χ1) is 4.74. The van der Waals surface area contributed by atoms with E-state index in [4.69, 9.17) is 0 Å². The molecule has 0 amide bonds. The molecule has 0 radical (unpaired) electrons. The van der Waals surface area contributed by atoms with E-state index in [1.807, 2.05) is 0 Å². The molecule has 0 nitrogen and oxygen atoms in total. The van der Waals surface area contributed by atoms with Crippen molar-refractivity contribution in [3.8, 4) is 0 Å². The van der Waals surface area contributed by atoms with Gasteiger partial charge in [-0.15, -0.1) is 0 Å². The summed E-state index contributed by atoms with van der Waals surface area (Å²) in [6, 6.07) is 0. The van der Waals surface area contributed by atoms with Crippen molar-refractivity contribution in [3.05, 3.63) is 0 Å². The third-order valence-electron chi connectivity index (χ3n) is 2.57. The van der Waals surface area contributed by atoms with Crippen LogP contribution in [0, 0.1) is 0 Å². The molecule has 10 heavy (non-hydrogen) atoms. The van der Waals surface area contributed by atoms with E-state index < -0.39 is 13.6 Å². The SMILES string of the molecule is CC[As+](CC)(CC)CCBr. The van der Waals surface area contributed by atoms with Crippen molar-refractivity contribution in [2.75, 3.05) is 5.33 Å². The molecular formula is C8H19AsBr+. The predicted octanol–water partition coefficient (Wildman–Crippen LogP) is 3.89. The maximum atomic E-state index is 3.55. The van der Waals surface area contributed by atoms with Crippen LogP contribution in [0.5, 0.6) is 0 Å². The predicted molar refractivity (Wildman–Crippen MR) is 55.8 cm³/mol. The molecule has 0 aromatic heterocycles. The van der Waals surface area contributed by atoms with Gasteiger partial charge in [0.15, 0.2) is 0 Å². The molecule has 0 saturated heterocycles. The van der Waals surface area contributed by atoms with Gasteiger partial charge in [-0.1, -0.05) is 0 Å². The Labute approximate surface area is 76.4 Å². The summed E-state index contributed by atoms with van der Waals surface area (Å²) >= 11 is 2.46. The van der Waals surface area contributed by atoms with E-state index in [-0.39, 0.29) is 0 Å². The van der Waals surface area contributed by atoms with E-state index in [2.05, 4.69) is 36.7 Å². The van der Waals surface area contributed by atoms with Gasteiger partial charge in [0.25, 0.3) is 0 Å². The van der Waals surface area contributed by atoms with E-state index in [0.717, 1.165) is 0 Å². The molecule has 0 heterocycles. The fourth-order valence-corrected chi connectivity index (χ4v) is 10.8. The van der Waals surface area contributed by atoms with Gasteiger partial charge in [0.1, 0.15) is 0 Å². The van der Waals surface area contributed by atoms with Crippen LogP contribution in [-0.4, -0.2) is 18.9 Å². The zero-order valence-electron chi connectivity index (χ0n) is 7.36. The Bertz CT molecular complexity index is 71.1. The second kappa shape index (κ2) is 5.66. The molecule has 0 saturated carbocycles. The monoisotopic (exact) mass is 269 g/mol. The van der Waals surface area contributed by atoms with Crippen molar-refractivity contribution in [3.63, 3.8) is 0 Å². The van der Waals surface area contributed by atoms with Crippen molar-refractivity contribution in [1.29, 1.82) is 0 Å². The molecule has 0 rings (SSSR count). The van der Waals surface area contributed by atoms with Crippen LogP contribution >= 0.6 is 15.9 Å². The second-order valence-electron chi connectivity index (χ2n) is 2.70. The summed E-state index contributed by atoms with van der Waals surface area (Å²) in [6.45, 7) is 7.13. The van der Waals surface area contributed by atoms with Crippen LogP contribution in [0.2, 0.25) is 20.8 Å². The molecule has 0 N–H and O–H groups in total. The Morgan fingerprint density at radius 3 is 1.50 bits per heavy atom. The van der Waals surface area contributed by atoms with Crippen LogP contribution in [0.3, 0.4) is 0 Å². The number of hydrogen-bond donors (Lipinski definition) is 0. The first kappa shape index (κ1) is 11.0. The molecule has 62 valence electrons. The fraction of sp³-hybridized carbons (Fsp3) is 1.00. The summed E-state index contributed by atoms with van der Waals surface area (Å²) in [5.74, 6) is 0. The molecule has 0 aromatic carbocycles. The van der Waals surface area contributed by atoms with Gasteiger partial charge in [0.05, 0.1) is 0 Å². The average Bonchev–Trinajstić information content (AvgIpc) is 2.01. The van der Waals surface area contributed by atoms with Gasteiger partial charge in [-0.3, -0.25) is 0 Å². The molecule has 0 aliphatic heterocycles. The summed E-state index contributed by atoms with van der Waals surface area (Å²) in [5, 5.41) is 7.22. The number of rotatable bonds is 5. The van der Waals surface area contributed by atoms with Gasteiger partial charge in [0.2, 0.25) is 0 Å². The molecule has 0 fully saturated rings. The molecule has 0 aromatic rings. The van der Waals surface area contributed by atoms with Crippen molar-refractivity contribution >= 4 is 29.5 Å². The normalized spacial score (nSPS) is 12.0. The Hall–Kier alpha value is 1.04. The summed E-state index contributed by atoms with van der Waals surface area (Å²) in [4.78, 5) is 0. The van der Waals surface area contributed by atoms with Crippen LogP contribution in [-0.2, 0) is 0 Å². The first-order valence-electron chi connectivity index (χ1n) is 4.15. The number of alkyl halides is 1. The van der Waals surface area contributed by atoms with Crippen LogP contribution in [0.1, 0.15) is 20.8 Å².